The van der Waals surface area contributed by atoms with Gasteiger partial charge in [0.1, 0.15) is 0 Å². The largest absolute Gasteiger partial charge is 0.413 e. The smallest absolute Gasteiger partial charge is 0.263 e. The summed E-state index contributed by atoms with van der Waals surface area (Å²) in [6.45, 7) is 0. The Morgan fingerprint density at radius 1 is 1.57 bits per heavy atom. The molecule has 0 unspecified atom stereocenters. The minimum absolute atomic E-state index is 0. The number of hydrogen-bond donors (Lipinski definition) is 1. The molecule has 7 heteroatoms. The van der Waals surface area contributed by atoms with Crippen LogP contribution in [0.4, 0.5) is 0 Å². The van der Waals surface area contributed by atoms with Gasteiger partial charge in [-0.1, -0.05) is 0 Å². The van der Waals surface area contributed by atoms with Crippen LogP contribution < -0.4 is 0 Å². The molecule has 0 aliphatic carbocycles. The Morgan fingerprint density at radius 2 is 1.71 bits per heavy atom. The van der Waals surface area contributed by atoms with Gasteiger partial charge in [-0.05, 0) is 0 Å². The van der Waals surface area contributed by atoms with Crippen LogP contribution in [0.15, 0.2) is 0 Å². The standard InChI is InChI=1S/ClHO4S.Ni/c1-5-6(2,3)4;/h(H,2,3,4);. The molecule has 0 amide bonds. The van der Waals surface area contributed by atoms with Crippen molar-refractivity contribution >= 4 is 22.3 Å². The zero-order valence-corrected chi connectivity index (χ0v) is 5.33. The molecule has 0 fully saturated rings. The SMILES string of the molecule is O=S(=O)(O)OCl.[Ni]. The fourth-order valence-corrected chi connectivity index (χ4v) is 0. The van der Waals surface area contributed by atoms with Crippen LogP contribution in [-0.2, 0) is 30.6 Å². The first kappa shape index (κ1) is 10.6. The molecule has 0 rings (SSSR count). The predicted molar refractivity (Wildman–Crippen MR) is 18.5 cm³/mol. The molecule has 0 aliphatic rings. The Hall–Kier alpha value is 0.654. The fraction of sp³-hybridized carbons (Fsp3) is 0. The van der Waals surface area contributed by atoms with Crippen molar-refractivity contribution in [3.05, 3.63) is 0 Å². The molecule has 0 aliphatic heterocycles. The first-order valence-electron chi connectivity index (χ1n) is 0.837. The molecule has 0 spiro atoms. The summed E-state index contributed by atoms with van der Waals surface area (Å²) in [5, 5.41) is 0. The third kappa shape index (κ3) is 10.8. The molecular weight excluding hydrogens is 190 g/mol. The molecule has 0 aromatic heterocycles. The molecule has 0 saturated carbocycles. The van der Waals surface area contributed by atoms with Gasteiger partial charge in [-0.15, -0.1) is 3.74 Å². The second-order valence-electron chi connectivity index (χ2n) is 0.491. The van der Waals surface area contributed by atoms with Gasteiger partial charge in [-0.3, -0.25) is 4.55 Å². The van der Waals surface area contributed by atoms with Gasteiger partial charge in [0.25, 0.3) is 0 Å². The quantitative estimate of drug-likeness (QED) is 0.466. The van der Waals surface area contributed by atoms with Crippen molar-refractivity contribution in [2.45, 2.75) is 0 Å². The van der Waals surface area contributed by atoms with Crippen molar-refractivity contribution in [1.29, 1.82) is 0 Å². The van der Waals surface area contributed by atoms with Crippen LogP contribution >= 0.6 is 11.9 Å². The molecule has 4 nitrogen and oxygen atoms in total. The summed E-state index contributed by atoms with van der Waals surface area (Å²) in [6, 6.07) is 0. The van der Waals surface area contributed by atoms with E-state index in [-0.39, 0.29) is 16.5 Å². The van der Waals surface area contributed by atoms with Crippen molar-refractivity contribution < 1.29 is 33.2 Å². The first-order chi connectivity index (χ1) is 2.56. The van der Waals surface area contributed by atoms with Crippen LogP contribution in [0.3, 0.4) is 0 Å². The van der Waals surface area contributed by atoms with Crippen molar-refractivity contribution in [2.24, 2.45) is 0 Å². The molecule has 0 aromatic carbocycles. The summed E-state index contributed by atoms with van der Waals surface area (Å²) < 4.78 is 28.8. The Bertz CT molecular complexity index is 114. The summed E-state index contributed by atoms with van der Waals surface area (Å²) >= 11 is 4.14. The van der Waals surface area contributed by atoms with Crippen LogP contribution in [0.1, 0.15) is 0 Å². The average molecular weight is 191 g/mol. The van der Waals surface area contributed by atoms with E-state index in [1.807, 2.05) is 0 Å². The van der Waals surface area contributed by atoms with Crippen LogP contribution in [0, 0.1) is 0 Å². The fourth-order valence-electron chi connectivity index (χ4n) is 0. The number of halogens is 1. The summed E-state index contributed by atoms with van der Waals surface area (Å²) in [5.41, 5.74) is 0. The summed E-state index contributed by atoms with van der Waals surface area (Å²) in [5.74, 6) is 0. The van der Waals surface area contributed by atoms with Gasteiger partial charge >= 0.3 is 10.4 Å². The van der Waals surface area contributed by atoms with Crippen molar-refractivity contribution in [2.75, 3.05) is 0 Å². The summed E-state index contributed by atoms with van der Waals surface area (Å²) in [7, 11) is -4.40. The van der Waals surface area contributed by atoms with Crippen LogP contribution in [0.5, 0.6) is 0 Å². The van der Waals surface area contributed by atoms with E-state index in [2.05, 4.69) is 15.6 Å². The Balaban J connectivity index is 0. The summed E-state index contributed by atoms with van der Waals surface area (Å²) in [4.78, 5) is 0. The Morgan fingerprint density at radius 3 is 1.71 bits per heavy atom. The molecule has 0 radical (unpaired) electrons. The van der Waals surface area contributed by atoms with E-state index < -0.39 is 10.4 Å². The first-order valence-corrected chi connectivity index (χ1v) is 2.51. The van der Waals surface area contributed by atoms with E-state index >= 15 is 0 Å². The van der Waals surface area contributed by atoms with Crippen molar-refractivity contribution in [1.82, 2.24) is 0 Å². The van der Waals surface area contributed by atoms with Gasteiger partial charge in [0, 0.05) is 16.5 Å². The average Bonchev–Trinajstić information content (AvgIpc) is 1.35. The zero-order chi connectivity index (χ0) is 5.21. The van der Waals surface area contributed by atoms with Crippen molar-refractivity contribution in [3.8, 4) is 0 Å². The van der Waals surface area contributed by atoms with Crippen LogP contribution in [0.25, 0.3) is 0 Å². The molecule has 1 N–H and O–H groups in total. The molecule has 0 atom stereocenters. The summed E-state index contributed by atoms with van der Waals surface area (Å²) in [6.07, 6.45) is 0. The van der Waals surface area contributed by atoms with E-state index in [0.717, 1.165) is 0 Å². The minimum atomic E-state index is -4.40. The maximum Gasteiger partial charge on any atom is 0.413 e. The Kier molecular flexibility index (Phi) is 5.50. The minimum Gasteiger partial charge on any atom is -0.263 e. The molecule has 7 heavy (non-hydrogen) atoms. The Labute approximate surface area is 55.8 Å². The zero-order valence-electron chi connectivity index (χ0n) is 2.77. The molecular formula is HClNiO4S. The number of rotatable bonds is 1. The van der Waals surface area contributed by atoms with Gasteiger partial charge in [0.2, 0.25) is 0 Å². The van der Waals surface area contributed by atoms with Gasteiger partial charge < -0.3 is 0 Å². The van der Waals surface area contributed by atoms with E-state index in [1.165, 1.54) is 0 Å². The van der Waals surface area contributed by atoms with Gasteiger partial charge in [-0.2, -0.15) is 8.42 Å². The van der Waals surface area contributed by atoms with Gasteiger partial charge in [0.15, 0.2) is 0 Å². The monoisotopic (exact) mass is 190 g/mol. The van der Waals surface area contributed by atoms with Crippen molar-refractivity contribution in [3.63, 3.8) is 0 Å². The maximum atomic E-state index is 9.20. The van der Waals surface area contributed by atoms with E-state index in [0.29, 0.717) is 0 Å². The van der Waals surface area contributed by atoms with Crippen LogP contribution in [0.2, 0.25) is 0 Å². The molecule has 0 saturated heterocycles. The predicted octanol–water partition coefficient (Wildman–Crippen LogP) is -0.0429. The van der Waals surface area contributed by atoms with Crippen LogP contribution in [-0.4, -0.2) is 13.0 Å². The molecule has 0 aromatic rings. The van der Waals surface area contributed by atoms with Gasteiger partial charge in [0.05, 0.1) is 11.9 Å². The second kappa shape index (κ2) is 3.63. The molecule has 0 bridgehead atoms. The topological polar surface area (TPSA) is 63.6 Å². The van der Waals surface area contributed by atoms with Gasteiger partial charge in [-0.25, -0.2) is 0 Å². The number of hydrogen-bond acceptors (Lipinski definition) is 3. The van der Waals surface area contributed by atoms with E-state index in [9.17, 15) is 8.42 Å². The third-order valence-corrected chi connectivity index (χ3v) is 0.716. The van der Waals surface area contributed by atoms with E-state index in [1.54, 1.807) is 0 Å². The molecule has 48 valence electrons. The molecule has 0 heterocycles. The normalized spacial score (nSPS) is 10.0. The van der Waals surface area contributed by atoms with E-state index in [4.69, 9.17) is 4.55 Å². The second-order valence-corrected chi connectivity index (χ2v) is 1.85. The third-order valence-electron chi connectivity index (χ3n) is 0.0796. The maximum absolute atomic E-state index is 9.20.